The van der Waals surface area contributed by atoms with Crippen LogP contribution < -0.4 is 21.3 Å². The number of hydrogen-bond acceptors (Lipinski definition) is 10. The number of ether oxygens (including phenoxy) is 1. The molecule has 6 rings (SSSR count). The second-order valence-corrected chi connectivity index (χ2v) is 17.0. The minimum absolute atomic E-state index is 0.128. The number of nitrogens with zero attached hydrogens (tertiary/aromatic N) is 5. The smallest absolute Gasteiger partial charge is 0.378 e. The van der Waals surface area contributed by atoms with Gasteiger partial charge in [-0.1, -0.05) is 45.0 Å². The minimum Gasteiger partial charge on any atom is -0.378 e. The van der Waals surface area contributed by atoms with Crippen molar-refractivity contribution in [2.75, 3.05) is 38.2 Å². The van der Waals surface area contributed by atoms with Crippen LogP contribution >= 0.6 is 11.3 Å². The van der Waals surface area contributed by atoms with Crippen molar-refractivity contribution in [3.63, 3.8) is 0 Å². The number of carbonyl (C=O) groups excluding carboxylic acids is 3. The average Bonchev–Trinajstić information content (AvgIpc) is 4.00. The van der Waals surface area contributed by atoms with E-state index in [1.54, 1.807) is 58.6 Å². The first-order valence-corrected chi connectivity index (χ1v) is 21.0. The van der Waals surface area contributed by atoms with Crippen LogP contribution in [0.3, 0.4) is 0 Å². The third-order valence-corrected chi connectivity index (χ3v) is 11.4. The molecule has 4 heterocycles. The molecule has 1 aliphatic heterocycles. The number of thiazole rings is 1. The second-order valence-electron chi connectivity index (χ2n) is 16.2. The number of halogens is 3. The van der Waals surface area contributed by atoms with Crippen LogP contribution in [0.5, 0.6) is 0 Å². The van der Waals surface area contributed by atoms with Gasteiger partial charge in [0, 0.05) is 55.9 Å². The molecule has 3 aromatic heterocycles. The van der Waals surface area contributed by atoms with E-state index >= 15 is 0 Å². The van der Waals surface area contributed by atoms with Crippen LogP contribution in [0, 0.1) is 12.3 Å². The molecule has 1 saturated heterocycles. The standard InChI is InChI=1S/C44H52F3N9O4S/c1-27(29-9-11-30(12-10-29)38-28(2)52-26-61-38)53-41(58)36-8-7-19-56(36)42(59)39(43(3,4)5)48-17-20-60-21-18-49-40(57)31-13-15-34(33(22-31)35-24-55(6)25-51-35)54-37-16-14-32(23-50-37)44(45,46)47/h9-16,22-27,36,39,48H,7-8,17-21H2,1-6H3,(H,49,57)(H,50,54)(H,53,58). The Kier molecular flexibility index (Phi) is 14.3. The molecule has 5 aromatic rings. The molecule has 0 spiro atoms. The fourth-order valence-corrected chi connectivity index (χ4v) is 7.99. The number of amides is 3. The first-order chi connectivity index (χ1) is 29.0. The number of hydrogen-bond donors (Lipinski definition) is 4. The van der Waals surface area contributed by atoms with Crippen molar-refractivity contribution >= 4 is 40.6 Å². The van der Waals surface area contributed by atoms with Crippen LogP contribution in [-0.4, -0.2) is 87.1 Å². The predicted molar refractivity (Wildman–Crippen MR) is 229 cm³/mol. The van der Waals surface area contributed by atoms with Gasteiger partial charge in [-0.25, -0.2) is 15.0 Å². The highest BCUT2D eigenvalue weighted by Crippen LogP contribution is 2.33. The maximum Gasteiger partial charge on any atom is 0.417 e. The lowest BCUT2D eigenvalue weighted by Crippen LogP contribution is -2.57. The molecular formula is C44H52F3N9O4S. The van der Waals surface area contributed by atoms with E-state index in [0.717, 1.165) is 40.4 Å². The van der Waals surface area contributed by atoms with Crippen molar-refractivity contribution < 1.29 is 32.3 Å². The number of anilines is 2. The number of pyridine rings is 1. The van der Waals surface area contributed by atoms with Crippen molar-refractivity contribution in [2.45, 2.75) is 71.8 Å². The van der Waals surface area contributed by atoms with Gasteiger partial charge in [-0.05, 0) is 73.6 Å². The van der Waals surface area contributed by atoms with Gasteiger partial charge in [-0.2, -0.15) is 13.2 Å². The molecule has 2 aromatic carbocycles. The lowest BCUT2D eigenvalue weighted by Gasteiger charge is -2.36. The maximum atomic E-state index is 14.0. The van der Waals surface area contributed by atoms with Gasteiger partial charge in [0.25, 0.3) is 5.91 Å². The first kappa shape index (κ1) is 44.9. The van der Waals surface area contributed by atoms with Crippen LogP contribution in [0.25, 0.3) is 21.7 Å². The van der Waals surface area contributed by atoms with Crippen molar-refractivity contribution in [2.24, 2.45) is 12.5 Å². The van der Waals surface area contributed by atoms with Gasteiger partial charge < -0.3 is 35.5 Å². The van der Waals surface area contributed by atoms with E-state index < -0.39 is 29.2 Å². The van der Waals surface area contributed by atoms with E-state index in [4.69, 9.17) is 4.74 Å². The first-order valence-electron chi connectivity index (χ1n) is 20.1. The molecule has 0 saturated carbocycles. The van der Waals surface area contributed by atoms with Gasteiger partial charge in [-0.3, -0.25) is 14.4 Å². The molecule has 3 amide bonds. The van der Waals surface area contributed by atoms with Gasteiger partial charge in [0.1, 0.15) is 11.9 Å². The summed E-state index contributed by atoms with van der Waals surface area (Å²) < 4.78 is 46.7. The molecular weight excluding hydrogens is 808 g/mol. The molecule has 0 bridgehead atoms. The van der Waals surface area contributed by atoms with Gasteiger partial charge in [0.05, 0.1) is 59.0 Å². The molecule has 4 N–H and O–H groups in total. The summed E-state index contributed by atoms with van der Waals surface area (Å²) in [4.78, 5) is 56.3. The van der Waals surface area contributed by atoms with E-state index in [-0.39, 0.29) is 49.3 Å². The SMILES string of the molecule is Cc1ncsc1-c1ccc(C(C)NC(=O)C2CCCN2C(=O)C(NCCOCCNC(=O)c2ccc(Nc3ccc(C(F)(F)F)cn3)c(-c3cn(C)cn3)c2)C(C)(C)C)cc1. The predicted octanol–water partition coefficient (Wildman–Crippen LogP) is 7.30. The number of rotatable bonds is 16. The number of likely N-dealkylation sites (tertiary alicyclic amines) is 1. The zero-order chi connectivity index (χ0) is 43.9. The van der Waals surface area contributed by atoms with E-state index in [0.29, 0.717) is 42.0 Å². The number of alkyl halides is 3. The summed E-state index contributed by atoms with van der Waals surface area (Å²) in [6.45, 7) is 11.5. The zero-order valence-corrected chi connectivity index (χ0v) is 35.9. The fourth-order valence-electron chi connectivity index (χ4n) is 7.18. The maximum absolute atomic E-state index is 14.0. The number of carbonyl (C=O) groups is 3. The Morgan fingerprint density at radius 1 is 0.984 bits per heavy atom. The average molecular weight is 860 g/mol. The Balaban J connectivity index is 0.974. The molecule has 61 heavy (non-hydrogen) atoms. The highest BCUT2D eigenvalue weighted by molar-refractivity contribution is 7.13. The summed E-state index contributed by atoms with van der Waals surface area (Å²) in [5, 5.41) is 12.4. The Hall–Kier alpha value is -5.65. The van der Waals surface area contributed by atoms with Crippen LogP contribution in [0.2, 0.25) is 0 Å². The van der Waals surface area contributed by atoms with Crippen LogP contribution in [0.15, 0.2) is 78.8 Å². The lowest BCUT2D eigenvalue weighted by atomic mass is 9.85. The summed E-state index contributed by atoms with van der Waals surface area (Å²) >= 11 is 1.59. The molecule has 0 aliphatic carbocycles. The normalized spacial score (nSPS) is 15.4. The summed E-state index contributed by atoms with van der Waals surface area (Å²) in [5.41, 5.74) is 5.51. The molecule has 3 unspecified atom stereocenters. The van der Waals surface area contributed by atoms with Crippen LogP contribution in [-0.2, 0) is 27.5 Å². The number of aromatic nitrogens is 4. The van der Waals surface area contributed by atoms with Gasteiger partial charge in [0.2, 0.25) is 11.8 Å². The molecule has 0 radical (unpaired) electrons. The topological polar surface area (TPSA) is 155 Å². The fraction of sp³-hybridized carbons (Fsp3) is 0.409. The summed E-state index contributed by atoms with van der Waals surface area (Å²) in [5.74, 6) is -0.456. The van der Waals surface area contributed by atoms with E-state index in [1.165, 1.54) is 6.07 Å². The summed E-state index contributed by atoms with van der Waals surface area (Å²) in [7, 11) is 1.80. The number of benzene rings is 2. The van der Waals surface area contributed by atoms with Gasteiger partial charge in [-0.15, -0.1) is 11.3 Å². The molecule has 13 nitrogen and oxygen atoms in total. The molecule has 1 fully saturated rings. The lowest BCUT2D eigenvalue weighted by molar-refractivity contribution is -0.142. The quantitative estimate of drug-likeness (QED) is 0.0749. The van der Waals surface area contributed by atoms with Crippen LogP contribution in [0.4, 0.5) is 24.7 Å². The van der Waals surface area contributed by atoms with Crippen molar-refractivity contribution in [3.8, 4) is 21.7 Å². The Bertz CT molecular complexity index is 2290. The van der Waals surface area contributed by atoms with Gasteiger partial charge >= 0.3 is 6.18 Å². The molecule has 1 aliphatic rings. The Labute approximate surface area is 357 Å². The van der Waals surface area contributed by atoms with E-state index in [9.17, 15) is 27.6 Å². The molecule has 17 heteroatoms. The zero-order valence-electron chi connectivity index (χ0n) is 35.1. The summed E-state index contributed by atoms with van der Waals surface area (Å²) in [6.07, 6.45) is 0.936. The Morgan fingerprint density at radius 2 is 1.74 bits per heavy atom. The molecule has 3 atom stereocenters. The highest BCUT2D eigenvalue weighted by atomic mass is 32.1. The van der Waals surface area contributed by atoms with E-state index in [2.05, 4.69) is 36.2 Å². The van der Waals surface area contributed by atoms with E-state index in [1.807, 2.05) is 64.4 Å². The van der Waals surface area contributed by atoms with Gasteiger partial charge in [0.15, 0.2) is 0 Å². The van der Waals surface area contributed by atoms with Crippen molar-refractivity contribution in [1.29, 1.82) is 0 Å². The monoisotopic (exact) mass is 859 g/mol. The van der Waals surface area contributed by atoms with Crippen molar-refractivity contribution in [1.82, 2.24) is 40.4 Å². The second kappa shape index (κ2) is 19.4. The summed E-state index contributed by atoms with van der Waals surface area (Å²) in [6, 6.07) is 13.8. The third-order valence-electron chi connectivity index (χ3n) is 10.5. The Morgan fingerprint density at radius 3 is 2.38 bits per heavy atom. The third kappa shape index (κ3) is 11.4. The number of aryl methyl sites for hydroxylation is 2. The van der Waals surface area contributed by atoms with Crippen LogP contribution in [0.1, 0.15) is 73.8 Å². The number of imidazole rings is 1. The molecule has 324 valence electrons. The highest BCUT2D eigenvalue weighted by Gasteiger charge is 2.41. The van der Waals surface area contributed by atoms with Crippen molar-refractivity contribution in [3.05, 3.63) is 101 Å². The largest absolute Gasteiger partial charge is 0.417 e. The minimum atomic E-state index is -4.51. The number of nitrogens with one attached hydrogen (secondary N) is 4.